The molecule has 0 radical (unpaired) electrons. The Labute approximate surface area is 142 Å². The number of carbonyl (C=O) groups is 1. The van der Waals surface area contributed by atoms with Crippen LogP contribution in [0.2, 0.25) is 0 Å². The zero-order valence-corrected chi connectivity index (χ0v) is 13.6. The van der Waals surface area contributed by atoms with Gasteiger partial charge in [0.1, 0.15) is 19.0 Å². The molecule has 0 unspecified atom stereocenters. The minimum absolute atomic E-state index is 0.249. The monoisotopic (exact) mass is 326 g/mol. The Kier molecular flexibility index (Phi) is 5.69. The summed E-state index contributed by atoms with van der Waals surface area (Å²) in [4.78, 5) is 13.7. The standard InChI is InChI=1S/C19H22N2O3/c22-19(21-12-10-20-11-13-21)24-15-17-6-8-18(9-7-17)23-14-16-4-2-1-3-5-16/h1-9,20H,10-15H2. The Morgan fingerprint density at radius 2 is 1.58 bits per heavy atom. The smallest absolute Gasteiger partial charge is 0.410 e. The number of hydrogen-bond acceptors (Lipinski definition) is 4. The first-order valence-electron chi connectivity index (χ1n) is 8.19. The van der Waals surface area contributed by atoms with E-state index in [0.29, 0.717) is 19.7 Å². The van der Waals surface area contributed by atoms with Crippen LogP contribution in [-0.2, 0) is 18.0 Å². The number of nitrogens with zero attached hydrogens (tertiary/aromatic N) is 1. The number of ether oxygens (including phenoxy) is 2. The lowest BCUT2D eigenvalue weighted by molar-refractivity contribution is 0.0918. The zero-order chi connectivity index (χ0) is 16.6. The Morgan fingerprint density at radius 3 is 2.29 bits per heavy atom. The van der Waals surface area contributed by atoms with Crippen LogP contribution < -0.4 is 10.1 Å². The largest absolute Gasteiger partial charge is 0.489 e. The van der Waals surface area contributed by atoms with Crippen molar-refractivity contribution in [3.8, 4) is 5.75 Å². The van der Waals surface area contributed by atoms with Crippen LogP contribution in [-0.4, -0.2) is 37.2 Å². The van der Waals surface area contributed by atoms with E-state index in [1.165, 1.54) is 0 Å². The van der Waals surface area contributed by atoms with Crippen LogP contribution >= 0.6 is 0 Å². The molecule has 0 aliphatic carbocycles. The van der Waals surface area contributed by atoms with Crippen molar-refractivity contribution in [2.75, 3.05) is 26.2 Å². The SMILES string of the molecule is O=C(OCc1ccc(OCc2ccccc2)cc1)N1CCNCC1. The van der Waals surface area contributed by atoms with Crippen LogP contribution in [0.4, 0.5) is 4.79 Å². The van der Waals surface area contributed by atoms with Crippen LogP contribution in [0.1, 0.15) is 11.1 Å². The van der Waals surface area contributed by atoms with Gasteiger partial charge in [0.2, 0.25) is 0 Å². The molecule has 5 nitrogen and oxygen atoms in total. The van der Waals surface area contributed by atoms with Gasteiger partial charge in [0.05, 0.1) is 0 Å². The van der Waals surface area contributed by atoms with Crippen molar-refractivity contribution in [3.63, 3.8) is 0 Å². The van der Waals surface area contributed by atoms with Gasteiger partial charge in [-0.25, -0.2) is 4.79 Å². The van der Waals surface area contributed by atoms with E-state index < -0.39 is 0 Å². The third-order valence-corrected chi connectivity index (χ3v) is 3.91. The van der Waals surface area contributed by atoms with E-state index in [2.05, 4.69) is 5.32 Å². The molecule has 1 fully saturated rings. The van der Waals surface area contributed by atoms with Crippen LogP contribution in [0.3, 0.4) is 0 Å². The number of rotatable bonds is 5. The highest BCUT2D eigenvalue weighted by Crippen LogP contribution is 2.15. The molecule has 0 saturated carbocycles. The maximum absolute atomic E-state index is 11.9. The van der Waals surface area contributed by atoms with Crippen LogP contribution in [0.5, 0.6) is 5.75 Å². The lowest BCUT2D eigenvalue weighted by atomic mass is 10.2. The highest BCUT2D eigenvalue weighted by Gasteiger charge is 2.17. The fourth-order valence-electron chi connectivity index (χ4n) is 2.51. The van der Waals surface area contributed by atoms with Gasteiger partial charge in [-0.05, 0) is 23.3 Å². The van der Waals surface area contributed by atoms with Crippen LogP contribution in [0, 0.1) is 0 Å². The Balaban J connectivity index is 1.45. The van der Waals surface area contributed by atoms with Crippen molar-refractivity contribution >= 4 is 6.09 Å². The van der Waals surface area contributed by atoms with Crippen molar-refractivity contribution in [1.29, 1.82) is 0 Å². The van der Waals surface area contributed by atoms with Gasteiger partial charge in [-0.3, -0.25) is 0 Å². The molecule has 0 spiro atoms. The summed E-state index contributed by atoms with van der Waals surface area (Å²) in [6.45, 7) is 3.86. The lowest BCUT2D eigenvalue weighted by Crippen LogP contribution is -2.46. The number of nitrogens with one attached hydrogen (secondary N) is 1. The molecule has 0 aromatic heterocycles. The van der Waals surface area contributed by atoms with Crippen molar-refractivity contribution in [3.05, 3.63) is 65.7 Å². The minimum atomic E-state index is -0.249. The maximum Gasteiger partial charge on any atom is 0.410 e. The van der Waals surface area contributed by atoms with E-state index >= 15 is 0 Å². The first-order chi connectivity index (χ1) is 11.8. The second kappa shape index (κ2) is 8.36. The van der Waals surface area contributed by atoms with Crippen LogP contribution in [0.15, 0.2) is 54.6 Å². The summed E-state index contributed by atoms with van der Waals surface area (Å²) in [5.74, 6) is 0.802. The van der Waals surface area contributed by atoms with Crippen molar-refractivity contribution in [2.24, 2.45) is 0 Å². The molecule has 0 bridgehead atoms. The van der Waals surface area contributed by atoms with E-state index in [0.717, 1.165) is 30.0 Å². The lowest BCUT2D eigenvalue weighted by Gasteiger charge is -2.26. The van der Waals surface area contributed by atoms with Gasteiger partial charge in [0.25, 0.3) is 0 Å². The molecule has 1 N–H and O–H groups in total. The molecule has 0 atom stereocenters. The molecule has 2 aromatic carbocycles. The van der Waals surface area contributed by atoms with Gasteiger partial charge >= 0.3 is 6.09 Å². The van der Waals surface area contributed by atoms with E-state index in [-0.39, 0.29) is 12.7 Å². The van der Waals surface area contributed by atoms with Gasteiger partial charge in [0.15, 0.2) is 0 Å². The molecule has 1 aliphatic rings. The molecular weight excluding hydrogens is 304 g/mol. The Hall–Kier alpha value is -2.53. The quantitative estimate of drug-likeness (QED) is 0.918. The number of hydrogen-bond donors (Lipinski definition) is 1. The fourth-order valence-corrected chi connectivity index (χ4v) is 2.51. The zero-order valence-electron chi connectivity index (χ0n) is 13.6. The van der Waals surface area contributed by atoms with Crippen molar-refractivity contribution in [1.82, 2.24) is 10.2 Å². The maximum atomic E-state index is 11.9. The van der Waals surface area contributed by atoms with E-state index in [1.54, 1.807) is 4.90 Å². The summed E-state index contributed by atoms with van der Waals surface area (Å²) in [7, 11) is 0. The second-order valence-electron chi connectivity index (χ2n) is 5.71. The molecule has 24 heavy (non-hydrogen) atoms. The second-order valence-corrected chi connectivity index (χ2v) is 5.71. The highest BCUT2D eigenvalue weighted by atomic mass is 16.6. The predicted octanol–water partition coefficient (Wildman–Crippen LogP) is 2.81. The van der Waals surface area contributed by atoms with Crippen molar-refractivity contribution < 1.29 is 14.3 Å². The Bertz CT molecular complexity index is 637. The summed E-state index contributed by atoms with van der Waals surface area (Å²) in [5.41, 5.74) is 2.08. The molecular formula is C19H22N2O3. The van der Waals surface area contributed by atoms with Gasteiger partial charge in [-0.15, -0.1) is 0 Å². The average molecular weight is 326 g/mol. The topological polar surface area (TPSA) is 50.8 Å². The van der Waals surface area contributed by atoms with Gasteiger partial charge in [-0.2, -0.15) is 0 Å². The molecule has 126 valence electrons. The number of piperazine rings is 1. The molecule has 5 heteroatoms. The number of benzene rings is 2. The average Bonchev–Trinajstić information content (AvgIpc) is 2.67. The van der Waals surface area contributed by atoms with Gasteiger partial charge in [0, 0.05) is 26.2 Å². The van der Waals surface area contributed by atoms with E-state index in [4.69, 9.17) is 9.47 Å². The normalized spacial score (nSPS) is 14.2. The summed E-state index contributed by atoms with van der Waals surface area (Å²) in [5, 5.41) is 3.21. The van der Waals surface area contributed by atoms with Gasteiger partial charge < -0.3 is 19.7 Å². The third-order valence-electron chi connectivity index (χ3n) is 3.91. The Morgan fingerprint density at radius 1 is 0.917 bits per heavy atom. The molecule has 2 aromatic rings. The van der Waals surface area contributed by atoms with Crippen LogP contribution in [0.25, 0.3) is 0 Å². The van der Waals surface area contributed by atoms with Crippen molar-refractivity contribution in [2.45, 2.75) is 13.2 Å². The summed E-state index contributed by atoms with van der Waals surface area (Å²) in [6, 6.07) is 17.7. The predicted molar refractivity (Wildman–Crippen MR) is 91.8 cm³/mol. The third kappa shape index (κ3) is 4.73. The van der Waals surface area contributed by atoms with E-state index in [1.807, 2.05) is 54.6 Å². The fraction of sp³-hybridized carbons (Fsp3) is 0.316. The van der Waals surface area contributed by atoms with E-state index in [9.17, 15) is 4.79 Å². The number of amides is 1. The minimum Gasteiger partial charge on any atom is -0.489 e. The molecule has 1 aliphatic heterocycles. The summed E-state index contributed by atoms with van der Waals surface area (Å²) >= 11 is 0. The first-order valence-corrected chi connectivity index (χ1v) is 8.19. The first kappa shape index (κ1) is 16.3. The summed E-state index contributed by atoms with van der Waals surface area (Å²) < 4.78 is 11.1. The molecule has 1 heterocycles. The molecule has 1 amide bonds. The molecule has 3 rings (SSSR count). The summed E-state index contributed by atoms with van der Waals surface area (Å²) in [6.07, 6.45) is -0.249. The van der Waals surface area contributed by atoms with Gasteiger partial charge in [-0.1, -0.05) is 42.5 Å². The molecule has 1 saturated heterocycles. The highest BCUT2D eigenvalue weighted by molar-refractivity contribution is 5.67. The number of carbonyl (C=O) groups excluding carboxylic acids is 1.